The third kappa shape index (κ3) is 2.82. The molecule has 2 fully saturated rings. The van der Waals surface area contributed by atoms with Crippen LogP contribution >= 0.6 is 0 Å². The van der Waals surface area contributed by atoms with Crippen molar-refractivity contribution in [3.63, 3.8) is 0 Å². The summed E-state index contributed by atoms with van der Waals surface area (Å²) in [6, 6.07) is 9.16. The molecule has 0 saturated heterocycles. The van der Waals surface area contributed by atoms with Crippen LogP contribution in [0.15, 0.2) is 24.3 Å². The van der Waals surface area contributed by atoms with Crippen molar-refractivity contribution >= 4 is 11.6 Å². The van der Waals surface area contributed by atoms with Gasteiger partial charge < -0.3 is 10.2 Å². The minimum atomic E-state index is 0.108. The SMILES string of the molecule is CC(=O)N(C)Cc1cccc(NC2CC3CCC2C3)c1. The number of rotatable bonds is 4. The summed E-state index contributed by atoms with van der Waals surface area (Å²) in [4.78, 5) is 13.1. The van der Waals surface area contributed by atoms with Gasteiger partial charge in [0.25, 0.3) is 0 Å². The zero-order valence-corrected chi connectivity index (χ0v) is 12.4. The molecular formula is C17H24N2O. The lowest BCUT2D eigenvalue weighted by Gasteiger charge is -2.24. The molecule has 2 bridgehead atoms. The normalized spacial score (nSPS) is 27.6. The van der Waals surface area contributed by atoms with E-state index in [9.17, 15) is 4.79 Å². The lowest BCUT2D eigenvalue weighted by Crippen LogP contribution is -2.26. The molecule has 1 aromatic carbocycles. The second kappa shape index (κ2) is 5.47. The summed E-state index contributed by atoms with van der Waals surface area (Å²) >= 11 is 0. The number of hydrogen-bond acceptors (Lipinski definition) is 2. The van der Waals surface area contributed by atoms with Crippen LogP contribution in [0.25, 0.3) is 0 Å². The molecule has 20 heavy (non-hydrogen) atoms. The fraction of sp³-hybridized carbons (Fsp3) is 0.588. The standard InChI is InChI=1S/C17H24N2O/c1-12(20)19(2)11-14-4-3-5-16(9-14)18-17-10-13-6-7-15(17)8-13/h3-5,9,13,15,17-18H,6-8,10-11H2,1-2H3. The number of hydrogen-bond donors (Lipinski definition) is 1. The van der Waals surface area contributed by atoms with Gasteiger partial charge in [-0.15, -0.1) is 0 Å². The monoisotopic (exact) mass is 272 g/mol. The van der Waals surface area contributed by atoms with Crippen molar-refractivity contribution in [1.29, 1.82) is 0 Å². The van der Waals surface area contributed by atoms with E-state index in [-0.39, 0.29) is 5.91 Å². The van der Waals surface area contributed by atoms with E-state index >= 15 is 0 Å². The summed E-state index contributed by atoms with van der Waals surface area (Å²) in [5.41, 5.74) is 2.40. The largest absolute Gasteiger partial charge is 0.382 e. The molecule has 3 rings (SSSR count). The van der Waals surface area contributed by atoms with E-state index in [1.807, 2.05) is 7.05 Å². The molecule has 3 heteroatoms. The molecule has 108 valence electrons. The van der Waals surface area contributed by atoms with Gasteiger partial charge in [-0.3, -0.25) is 4.79 Å². The van der Waals surface area contributed by atoms with Gasteiger partial charge in [0.2, 0.25) is 5.91 Å². The zero-order valence-electron chi connectivity index (χ0n) is 12.4. The van der Waals surface area contributed by atoms with Crippen LogP contribution in [0.3, 0.4) is 0 Å². The Morgan fingerprint density at radius 3 is 2.85 bits per heavy atom. The van der Waals surface area contributed by atoms with Gasteiger partial charge in [-0.05, 0) is 48.8 Å². The highest BCUT2D eigenvalue weighted by atomic mass is 16.2. The number of benzene rings is 1. The van der Waals surface area contributed by atoms with Crippen molar-refractivity contribution in [2.45, 2.75) is 45.2 Å². The molecule has 3 nitrogen and oxygen atoms in total. The van der Waals surface area contributed by atoms with Crippen molar-refractivity contribution in [2.24, 2.45) is 11.8 Å². The van der Waals surface area contributed by atoms with E-state index in [0.717, 1.165) is 11.8 Å². The maximum Gasteiger partial charge on any atom is 0.219 e. The van der Waals surface area contributed by atoms with Crippen molar-refractivity contribution in [3.05, 3.63) is 29.8 Å². The molecule has 0 aliphatic heterocycles. The van der Waals surface area contributed by atoms with E-state index < -0.39 is 0 Å². The smallest absolute Gasteiger partial charge is 0.219 e. The number of anilines is 1. The first-order chi connectivity index (χ1) is 9.61. The van der Waals surface area contributed by atoms with Gasteiger partial charge in [-0.1, -0.05) is 18.6 Å². The average molecular weight is 272 g/mol. The molecule has 0 radical (unpaired) electrons. The van der Waals surface area contributed by atoms with Crippen molar-refractivity contribution in [2.75, 3.05) is 12.4 Å². The van der Waals surface area contributed by atoms with Crippen molar-refractivity contribution < 1.29 is 4.79 Å². The number of fused-ring (bicyclic) bond motifs is 2. The molecule has 0 aromatic heterocycles. The maximum absolute atomic E-state index is 11.3. The van der Waals surface area contributed by atoms with Crippen LogP contribution in [0.4, 0.5) is 5.69 Å². The highest BCUT2D eigenvalue weighted by Gasteiger charge is 2.39. The number of nitrogens with one attached hydrogen (secondary N) is 1. The third-order valence-corrected chi connectivity index (χ3v) is 4.97. The summed E-state index contributed by atoms with van der Waals surface area (Å²) in [6.07, 6.45) is 5.59. The topological polar surface area (TPSA) is 32.3 Å². The van der Waals surface area contributed by atoms with Crippen LogP contribution in [0, 0.1) is 11.8 Å². The van der Waals surface area contributed by atoms with Gasteiger partial charge >= 0.3 is 0 Å². The Morgan fingerprint density at radius 2 is 2.20 bits per heavy atom. The molecular weight excluding hydrogens is 248 g/mol. The second-order valence-corrected chi connectivity index (χ2v) is 6.50. The summed E-state index contributed by atoms with van der Waals surface area (Å²) in [7, 11) is 1.85. The van der Waals surface area contributed by atoms with Crippen molar-refractivity contribution in [3.8, 4) is 0 Å². The summed E-state index contributed by atoms with van der Waals surface area (Å²) < 4.78 is 0. The fourth-order valence-electron chi connectivity index (χ4n) is 3.78. The first kappa shape index (κ1) is 13.5. The van der Waals surface area contributed by atoms with E-state index in [1.165, 1.54) is 36.9 Å². The third-order valence-electron chi connectivity index (χ3n) is 4.97. The summed E-state index contributed by atoms with van der Waals surface area (Å²) in [5, 5.41) is 3.71. The maximum atomic E-state index is 11.3. The Balaban J connectivity index is 1.64. The molecule has 1 N–H and O–H groups in total. The van der Waals surface area contributed by atoms with Crippen LogP contribution in [-0.2, 0) is 11.3 Å². The quantitative estimate of drug-likeness (QED) is 0.912. The summed E-state index contributed by atoms with van der Waals surface area (Å²) in [5.74, 6) is 1.95. The van der Waals surface area contributed by atoms with Crippen LogP contribution < -0.4 is 5.32 Å². The van der Waals surface area contributed by atoms with E-state index in [4.69, 9.17) is 0 Å². The molecule has 1 aromatic rings. The fourth-order valence-corrected chi connectivity index (χ4v) is 3.78. The number of nitrogens with zero attached hydrogens (tertiary/aromatic N) is 1. The van der Waals surface area contributed by atoms with Crippen LogP contribution in [0.1, 0.15) is 38.2 Å². The molecule has 3 unspecified atom stereocenters. The predicted octanol–water partition coefficient (Wildman–Crippen LogP) is 3.27. The average Bonchev–Trinajstić information content (AvgIpc) is 3.01. The van der Waals surface area contributed by atoms with Gasteiger partial charge in [-0.25, -0.2) is 0 Å². The Bertz CT molecular complexity index is 500. The molecule has 1 amide bonds. The molecule has 2 aliphatic rings. The summed E-state index contributed by atoms with van der Waals surface area (Å²) in [6.45, 7) is 2.29. The van der Waals surface area contributed by atoms with Crippen molar-refractivity contribution in [1.82, 2.24) is 4.90 Å². The van der Waals surface area contributed by atoms with E-state index in [0.29, 0.717) is 12.6 Å². The molecule has 3 atom stereocenters. The number of carbonyl (C=O) groups excluding carboxylic acids is 1. The molecule has 2 saturated carbocycles. The lowest BCUT2D eigenvalue weighted by atomic mass is 9.95. The second-order valence-electron chi connectivity index (χ2n) is 6.50. The van der Waals surface area contributed by atoms with Crippen LogP contribution in [0.5, 0.6) is 0 Å². The van der Waals surface area contributed by atoms with Crippen LogP contribution in [-0.4, -0.2) is 23.9 Å². The minimum Gasteiger partial charge on any atom is -0.382 e. The van der Waals surface area contributed by atoms with Gasteiger partial charge in [0, 0.05) is 32.2 Å². The highest BCUT2D eigenvalue weighted by molar-refractivity contribution is 5.72. The number of carbonyl (C=O) groups is 1. The zero-order chi connectivity index (χ0) is 14.1. The predicted molar refractivity (Wildman–Crippen MR) is 81.4 cm³/mol. The van der Waals surface area contributed by atoms with Gasteiger partial charge in [-0.2, -0.15) is 0 Å². The first-order valence-electron chi connectivity index (χ1n) is 7.69. The number of amides is 1. The van der Waals surface area contributed by atoms with Gasteiger partial charge in [0.05, 0.1) is 0 Å². The Hall–Kier alpha value is -1.51. The Kier molecular flexibility index (Phi) is 3.68. The molecule has 2 aliphatic carbocycles. The molecule has 0 heterocycles. The van der Waals surface area contributed by atoms with Gasteiger partial charge in [0.15, 0.2) is 0 Å². The van der Waals surface area contributed by atoms with E-state index in [1.54, 1.807) is 11.8 Å². The van der Waals surface area contributed by atoms with Crippen LogP contribution in [0.2, 0.25) is 0 Å². The van der Waals surface area contributed by atoms with Gasteiger partial charge in [0.1, 0.15) is 0 Å². The Labute approximate surface area is 121 Å². The Morgan fingerprint density at radius 1 is 1.35 bits per heavy atom. The van der Waals surface area contributed by atoms with E-state index in [2.05, 4.69) is 29.6 Å². The lowest BCUT2D eigenvalue weighted by molar-refractivity contribution is -0.128. The minimum absolute atomic E-state index is 0.108. The highest BCUT2D eigenvalue weighted by Crippen LogP contribution is 2.45. The molecule has 0 spiro atoms. The first-order valence-corrected chi connectivity index (χ1v) is 7.69.